The summed E-state index contributed by atoms with van der Waals surface area (Å²) < 4.78 is 62.1. The number of nitro benzene ring substituents is 1. The fourth-order valence-electron chi connectivity index (χ4n) is 8.29. The molecule has 0 fully saturated rings. The molecule has 4 aromatic carbocycles. The van der Waals surface area contributed by atoms with Crippen molar-refractivity contribution in [1.82, 2.24) is 28.4 Å². The predicted octanol–water partition coefficient (Wildman–Crippen LogP) is 7.99. The Labute approximate surface area is 349 Å². The van der Waals surface area contributed by atoms with Gasteiger partial charge in [0.15, 0.2) is 4.90 Å². The highest BCUT2D eigenvalue weighted by atomic mass is 35.5. The van der Waals surface area contributed by atoms with Gasteiger partial charge in [0.2, 0.25) is 0 Å². The molecule has 0 atom stereocenters. The van der Waals surface area contributed by atoms with Crippen LogP contribution in [-0.4, -0.2) is 61.5 Å². The van der Waals surface area contributed by atoms with Gasteiger partial charge in [-0.25, -0.2) is 17.6 Å². The van der Waals surface area contributed by atoms with E-state index in [4.69, 9.17) is 31.3 Å². The molecule has 0 aliphatic carbocycles. The van der Waals surface area contributed by atoms with Gasteiger partial charge in [-0.3, -0.25) is 19.5 Å². The lowest BCUT2D eigenvalue weighted by molar-refractivity contribution is -0.387. The van der Waals surface area contributed by atoms with Gasteiger partial charge in [-0.2, -0.15) is 14.5 Å². The van der Waals surface area contributed by atoms with E-state index in [9.17, 15) is 27.7 Å². The highest BCUT2D eigenvalue weighted by molar-refractivity contribution is 7.89. The number of methoxy groups -OCH3 is 1. The Morgan fingerprint density at radius 3 is 2.52 bits per heavy atom. The molecule has 17 heteroatoms. The van der Waals surface area contributed by atoms with Gasteiger partial charge >= 0.3 is 5.97 Å². The molecule has 0 saturated heterocycles. The third-order valence-electron chi connectivity index (χ3n) is 11.2. The van der Waals surface area contributed by atoms with E-state index in [0.29, 0.717) is 92.3 Å². The van der Waals surface area contributed by atoms with E-state index in [1.165, 1.54) is 37.4 Å². The summed E-state index contributed by atoms with van der Waals surface area (Å²) in [6.07, 6.45) is 1.50. The Balaban J connectivity index is 1.35. The summed E-state index contributed by atoms with van der Waals surface area (Å²) in [6, 6.07) is 19.0. The SMILES string of the molecule is COC(=O)c1c(C)c2c3c(Cl)ccc2n1CCCOc1cc(cc2cc(F)ccc12)CCc1cc(nn1C)CN(S(=O)(=O)c1ccccc1[N+](=O)[O-])Cc1nn(C)c(C)c1-3. The van der Waals surface area contributed by atoms with Crippen LogP contribution in [0.25, 0.3) is 32.8 Å². The maximum atomic E-state index is 14.8. The van der Waals surface area contributed by atoms with Crippen LogP contribution in [0.4, 0.5) is 10.1 Å². The molecule has 1 aliphatic rings. The van der Waals surface area contributed by atoms with Crippen molar-refractivity contribution in [2.75, 3.05) is 13.7 Å². The molecular weight excluding hydrogens is 813 g/mol. The summed E-state index contributed by atoms with van der Waals surface area (Å²) in [6.45, 7) is 3.70. The highest BCUT2D eigenvalue weighted by Gasteiger charge is 2.35. The average molecular weight is 854 g/mol. The van der Waals surface area contributed by atoms with Crippen LogP contribution in [0.2, 0.25) is 5.02 Å². The van der Waals surface area contributed by atoms with Gasteiger partial charge in [0, 0.05) is 70.5 Å². The van der Waals surface area contributed by atoms with Crippen LogP contribution < -0.4 is 4.74 Å². The highest BCUT2D eigenvalue weighted by Crippen LogP contribution is 2.43. The van der Waals surface area contributed by atoms with Crippen molar-refractivity contribution >= 4 is 55.0 Å². The van der Waals surface area contributed by atoms with Crippen LogP contribution in [0, 0.1) is 29.8 Å². The minimum Gasteiger partial charge on any atom is -0.493 e. The lowest BCUT2D eigenvalue weighted by Crippen LogP contribution is -2.31. The number of nitro groups is 1. The van der Waals surface area contributed by atoms with E-state index in [0.717, 1.165) is 27.0 Å². The molecule has 0 N–H and O–H groups in total. The molecule has 310 valence electrons. The zero-order chi connectivity index (χ0) is 42.6. The lowest BCUT2D eigenvalue weighted by atomic mass is 9.96. The Morgan fingerprint density at radius 1 is 0.967 bits per heavy atom. The molecule has 0 amide bonds. The van der Waals surface area contributed by atoms with Gasteiger partial charge < -0.3 is 14.0 Å². The van der Waals surface area contributed by atoms with Crippen molar-refractivity contribution in [2.24, 2.45) is 14.1 Å². The minimum atomic E-state index is -4.59. The number of para-hydroxylation sites is 1. The third-order valence-corrected chi connectivity index (χ3v) is 13.4. The maximum absolute atomic E-state index is 14.8. The number of sulfonamides is 1. The van der Waals surface area contributed by atoms with Crippen LogP contribution >= 0.6 is 11.6 Å². The van der Waals surface area contributed by atoms with E-state index in [2.05, 4.69) is 0 Å². The maximum Gasteiger partial charge on any atom is 0.354 e. The first-order chi connectivity index (χ1) is 28.7. The molecule has 4 heterocycles. The first kappa shape index (κ1) is 40.7. The second kappa shape index (κ2) is 15.8. The number of aromatic nitrogens is 5. The number of fused-ring (bicyclic) bond motifs is 8. The van der Waals surface area contributed by atoms with Gasteiger partial charge in [-0.05, 0) is 98.2 Å². The summed E-state index contributed by atoms with van der Waals surface area (Å²) >= 11 is 7.11. The molecule has 60 heavy (non-hydrogen) atoms. The molecular formula is C43H41ClFN7O7S. The molecule has 7 aromatic rings. The van der Waals surface area contributed by atoms with E-state index >= 15 is 0 Å². The number of carbonyl (C=O) groups excluding carboxylic acids is 1. The summed E-state index contributed by atoms with van der Waals surface area (Å²) in [5.74, 6) is -0.344. The molecule has 0 unspecified atom stereocenters. The molecule has 8 rings (SSSR count). The number of hydrogen-bond acceptors (Lipinski definition) is 9. The van der Waals surface area contributed by atoms with E-state index in [1.54, 1.807) is 35.6 Å². The summed E-state index contributed by atoms with van der Waals surface area (Å²) in [5.41, 5.74) is 5.19. The summed E-state index contributed by atoms with van der Waals surface area (Å²) in [7, 11) is 0.226. The number of esters is 1. The van der Waals surface area contributed by atoms with Crippen LogP contribution in [0.5, 0.6) is 5.75 Å². The van der Waals surface area contributed by atoms with Gasteiger partial charge in [0.1, 0.15) is 17.3 Å². The fourth-order valence-corrected chi connectivity index (χ4v) is 10.1. The fraction of sp³-hybridized carbons (Fsp3) is 0.279. The van der Waals surface area contributed by atoms with Crippen molar-refractivity contribution in [3.8, 4) is 16.9 Å². The number of carbonyl (C=O) groups is 1. The van der Waals surface area contributed by atoms with Crippen molar-refractivity contribution in [3.05, 3.63) is 133 Å². The number of nitrogens with zero attached hydrogens (tertiary/aromatic N) is 7. The lowest BCUT2D eigenvalue weighted by Gasteiger charge is -2.21. The molecule has 3 aromatic heterocycles. The standard InChI is InChI=1S/C43H41ClFN7O7S/c1-25-39-36-16-15-33(44)41(39)40-26(2)48(3)47-34(40)24-50(60(56,57)38-10-7-6-9-35(38)52(54)55)23-30-22-31(49(4)46-30)13-11-27-19-28-21-29(45)12-14-32(28)37(20-27)59-18-8-17-51(36)42(25)43(53)58-5/h6-7,9-10,12,14-16,19-22H,8,11,13,17-18,23-24H2,1-5H3. The van der Waals surface area contributed by atoms with Crippen LogP contribution in [0.3, 0.4) is 0 Å². The summed E-state index contributed by atoms with van der Waals surface area (Å²) in [5, 5.41) is 24.1. The first-order valence-electron chi connectivity index (χ1n) is 19.2. The van der Waals surface area contributed by atoms with Crippen LogP contribution in [0.1, 0.15) is 50.8 Å². The Hall–Kier alpha value is -6.10. The normalized spacial score (nSPS) is 14.2. The topological polar surface area (TPSA) is 157 Å². The number of benzene rings is 4. The average Bonchev–Trinajstić information content (AvgIpc) is 3.82. The van der Waals surface area contributed by atoms with Gasteiger partial charge in [-0.15, -0.1) is 0 Å². The number of ether oxygens (including phenoxy) is 2. The molecule has 0 spiro atoms. The Bertz CT molecular complexity index is 2990. The monoisotopic (exact) mass is 853 g/mol. The number of halogens is 2. The van der Waals surface area contributed by atoms with E-state index in [1.807, 2.05) is 42.7 Å². The van der Waals surface area contributed by atoms with Crippen LogP contribution in [0.15, 0.2) is 77.7 Å². The zero-order valence-electron chi connectivity index (χ0n) is 33.5. The third kappa shape index (κ3) is 7.17. The Morgan fingerprint density at radius 2 is 1.75 bits per heavy atom. The number of aryl methyl sites for hydroxylation is 6. The van der Waals surface area contributed by atoms with Crippen molar-refractivity contribution in [1.29, 1.82) is 0 Å². The van der Waals surface area contributed by atoms with E-state index in [-0.39, 0.29) is 25.5 Å². The zero-order valence-corrected chi connectivity index (χ0v) is 35.1. The Kier molecular flexibility index (Phi) is 10.7. The number of rotatable bonds is 4. The number of hydrogen-bond donors (Lipinski definition) is 0. The van der Waals surface area contributed by atoms with Crippen molar-refractivity contribution in [2.45, 2.75) is 57.6 Å². The van der Waals surface area contributed by atoms with Crippen molar-refractivity contribution < 1.29 is 32.0 Å². The van der Waals surface area contributed by atoms with Gasteiger partial charge in [0.05, 0.1) is 43.1 Å². The molecule has 1 aliphatic heterocycles. The van der Waals surface area contributed by atoms with Crippen molar-refractivity contribution in [3.63, 3.8) is 0 Å². The largest absolute Gasteiger partial charge is 0.493 e. The minimum absolute atomic E-state index is 0.260. The second-order valence-corrected chi connectivity index (χ2v) is 17.2. The van der Waals surface area contributed by atoms with Gasteiger partial charge in [-0.1, -0.05) is 29.8 Å². The van der Waals surface area contributed by atoms with Crippen LogP contribution in [-0.2, 0) is 61.3 Å². The molecule has 0 saturated carbocycles. The smallest absolute Gasteiger partial charge is 0.354 e. The molecule has 14 nitrogen and oxygen atoms in total. The van der Waals surface area contributed by atoms with Gasteiger partial charge in [0.25, 0.3) is 15.7 Å². The quantitative estimate of drug-likeness (QED) is 0.0973. The first-order valence-corrected chi connectivity index (χ1v) is 21.0. The molecule has 8 bridgehead atoms. The summed E-state index contributed by atoms with van der Waals surface area (Å²) in [4.78, 5) is 24.6. The molecule has 0 radical (unpaired) electrons. The van der Waals surface area contributed by atoms with E-state index < -0.39 is 31.5 Å². The predicted molar refractivity (Wildman–Crippen MR) is 224 cm³/mol. The second-order valence-electron chi connectivity index (χ2n) is 14.9.